The summed E-state index contributed by atoms with van der Waals surface area (Å²) in [6.45, 7) is 5.93. The van der Waals surface area contributed by atoms with Crippen molar-refractivity contribution < 1.29 is 9.53 Å². The number of hydrogen-bond donors (Lipinski definition) is 1. The molecule has 0 aromatic carbocycles. The molecule has 0 spiro atoms. The topological polar surface area (TPSA) is 59.4 Å². The van der Waals surface area contributed by atoms with Gasteiger partial charge in [0.15, 0.2) is 0 Å². The second-order valence-corrected chi connectivity index (χ2v) is 6.02. The van der Waals surface area contributed by atoms with Crippen LogP contribution in [-0.2, 0) is 15.1 Å². The molecule has 2 aliphatic rings. The lowest BCUT2D eigenvalue weighted by atomic mass is 9.86. The first kappa shape index (κ1) is 17.2. The van der Waals surface area contributed by atoms with Crippen molar-refractivity contribution in [3.05, 3.63) is 18.5 Å². The van der Waals surface area contributed by atoms with Gasteiger partial charge in [0.05, 0.1) is 6.10 Å². The van der Waals surface area contributed by atoms with Crippen LogP contribution in [0.2, 0.25) is 0 Å². The van der Waals surface area contributed by atoms with Gasteiger partial charge in [-0.2, -0.15) is 5.10 Å². The lowest BCUT2D eigenvalue weighted by molar-refractivity contribution is -0.143. The Morgan fingerprint density at radius 3 is 2.86 bits per heavy atom. The molecule has 7 heteroatoms. The highest BCUT2D eigenvalue weighted by molar-refractivity contribution is 5.85. The summed E-state index contributed by atoms with van der Waals surface area (Å²) in [7, 11) is 0. The maximum Gasteiger partial charge on any atom is 0.250 e. The average Bonchev–Trinajstić information content (AvgIpc) is 2.97. The number of piperidine rings is 1. The van der Waals surface area contributed by atoms with Gasteiger partial charge in [-0.3, -0.25) is 9.48 Å². The smallest absolute Gasteiger partial charge is 0.250 e. The molecule has 1 atom stereocenters. The van der Waals surface area contributed by atoms with Gasteiger partial charge >= 0.3 is 0 Å². The molecule has 0 saturated carbocycles. The summed E-state index contributed by atoms with van der Waals surface area (Å²) in [5.41, 5.74) is -0.529. The Morgan fingerprint density at radius 2 is 2.18 bits per heavy atom. The highest BCUT2D eigenvalue weighted by Crippen LogP contribution is 2.30. The van der Waals surface area contributed by atoms with Crippen LogP contribution in [0.4, 0.5) is 0 Å². The van der Waals surface area contributed by atoms with E-state index in [0.29, 0.717) is 6.54 Å². The fraction of sp³-hybridized carbons (Fsp3) is 0.733. The lowest BCUT2D eigenvalue weighted by Gasteiger charge is -2.40. The van der Waals surface area contributed by atoms with Gasteiger partial charge in [0.25, 0.3) is 5.91 Å². The molecule has 22 heavy (non-hydrogen) atoms. The van der Waals surface area contributed by atoms with E-state index in [1.165, 1.54) is 0 Å². The van der Waals surface area contributed by atoms with Crippen LogP contribution in [0, 0.1) is 0 Å². The number of amides is 1. The summed E-state index contributed by atoms with van der Waals surface area (Å²) in [5.74, 6) is 0.199. The Labute approximate surface area is 137 Å². The van der Waals surface area contributed by atoms with Crippen molar-refractivity contribution in [1.29, 1.82) is 0 Å². The molecule has 2 saturated heterocycles. The third kappa shape index (κ3) is 3.29. The summed E-state index contributed by atoms with van der Waals surface area (Å²) in [4.78, 5) is 15.2. The zero-order valence-corrected chi connectivity index (χ0v) is 13.8. The standard InChI is InChI=1S/C15H24N4O2.ClH/c1-13-12-18(9-3-11-21-13)14(20)15(4-7-16-8-5-15)19-10-2-6-17-19;/h2,6,10,13,16H,3-5,7-9,11-12H2,1H3;1H. The minimum absolute atomic E-state index is 0. The SMILES string of the molecule is CC1CN(C(=O)C2(n3cccn3)CCNCC2)CCCO1.Cl. The van der Waals surface area contributed by atoms with Crippen LogP contribution in [0.3, 0.4) is 0 Å². The van der Waals surface area contributed by atoms with Crippen molar-refractivity contribution in [3.8, 4) is 0 Å². The molecule has 2 aliphatic heterocycles. The van der Waals surface area contributed by atoms with E-state index < -0.39 is 5.54 Å². The molecular formula is C15H25ClN4O2. The summed E-state index contributed by atoms with van der Waals surface area (Å²) in [6.07, 6.45) is 6.27. The van der Waals surface area contributed by atoms with Crippen LogP contribution < -0.4 is 5.32 Å². The number of halogens is 1. The first-order valence-corrected chi connectivity index (χ1v) is 7.84. The predicted octanol–water partition coefficient (Wildman–Crippen LogP) is 1.02. The molecule has 0 aliphatic carbocycles. The van der Waals surface area contributed by atoms with Crippen LogP contribution in [-0.4, -0.2) is 59.5 Å². The van der Waals surface area contributed by atoms with Crippen LogP contribution in [0.25, 0.3) is 0 Å². The number of nitrogens with zero attached hydrogens (tertiary/aromatic N) is 3. The second-order valence-electron chi connectivity index (χ2n) is 6.02. The molecular weight excluding hydrogens is 304 g/mol. The van der Waals surface area contributed by atoms with Gasteiger partial charge in [-0.15, -0.1) is 12.4 Å². The Bertz CT molecular complexity index is 474. The number of nitrogens with one attached hydrogen (secondary N) is 1. The van der Waals surface area contributed by atoms with Crippen molar-refractivity contribution >= 4 is 18.3 Å². The molecule has 0 radical (unpaired) electrons. The van der Waals surface area contributed by atoms with Crippen LogP contribution in [0.15, 0.2) is 18.5 Å². The van der Waals surface area contributed by atoms with E-state index in [0.717, 1.165) is 45.5 Å². The Morgan fingerprint density at radius 1 is 1.41 bits per heavy atom. The number of ether oxygens (including phenoxy) is 1. The normalized spacial score (nSPS) is 25.1. The summed E-state index contributed by atoms with van der Waals surface area (Å²) in [6, 6.07) is 1.89. The minimum Gasteiger partial charge on any atom is -0.377 e. The Hall–Kier alpha value is -1.11. The maximum atomic E-state index is 13.3. The van der Waals surface area contributed by atoms with E-state index >= 15 is 0 Å². The molecule has 1 amide bonds. The number of rotatable bonds is 2. The van der Waals surface area contributed by atoms with Gasteiger partial charge in [-0.25, -0.2) is 0 Å². The van der Waals surface area contributed by atoms with Gasteiger partial charge in [0.2, 0.25) is 0 Å². The molecule has 1 N–H and O–H groups in total. The van der Waals surface area contributed by atoms with E-state index in [1.54, 1.807) is 6.20 Å². The molecule has 124 valence electrons. The van der Waals surface area contributed by atoms with Crippen molar-refractivity contribution in [2.24, 2.45) is 0 Å². The van der Waals surface area contributed by atoms with Crippen molar-refractivity contribution in [3.63, 3.8) is 0 Å². The van der Waals surface area contributed by atoms with Gasteiger partial charge in [0.1, 0.15) is 5.54 Å². The fourth-order valence-corrected chi connectivity index (χ4v) is 3.38. The van der Waals surface area contributed by atoms with Gasteiger partial charge < -0.3 is 15.0 Å². The van der Waals surface area contributed by atoms with E-state index in [-0.39, 0.29) is 24.4 Å². The van der Waals surface area contributed by atoms with E-state index in [4.69, 9.17) is 4.74 Å². The Kier molecular flexibility index (Phi) is 5.83. The zero-order chi connectivity index (χ0) is 14.7. The minimum atomic E-state index is -0.529. The van der Waals surface area contributed by atoms with Gasteiger partial charge in [-0.05, 0) is 45.3 Å². The third-order valence-electron chi connectivity index (χ3n) is 4.51. The van der Waals surface area contributed by atoms with Crippen LogP contribution in [0.5, 0.6) is 0 Å². The zero-order valence-electron chi connectivity index (χ0n) is 13.0. The highest BCUT2D eigenvalue weighted by Gasteiger charge is 2.44. The molecule has 1 aromatic heterocycles. The number of carbonyl (C=O) groups is 1. The first-order valence-electron chi connectivity index (χ1n) is 7.84. The van der Waals surface area contributed by atoms with Crippen molar-refractivity contribution in [2.75, 3.05) is 32.8 Å². The largest absolute Gasteiger partial charge is 0.377 e. The highest BCUT2D eigenvalue weighted by atomic mass is 35.5. The van der Waals surface area contributed by atoms with E-state index in [9.17, 15) is 4.79 Å². The number of aromatic nitrogens is 2. The third-order valence-corrected chi connectivity index (χ3v) is 4.51. The summed E-state index contributed by atoms with van der Waals surface area (Å²) < 4.78 is 7.53. The Balaban J connectivity index is 0.00000176. The quantitative estimate of drug-likeness (QED) is 0.880. The van der Waals surface area contributed by atoms with Crippen molar-refractivity contribution in [1.82, 2.24) is 20.0 Å². The molecule has 1 unspecified atom stereocenters. The van der Waals surface area contributed by atoms with E-state index in [1.807, 2.05) is 28.8 Å². The monoisotopic (exact) mass is 328 g/mol. The van der Waals surface area contributed by atoms with Gasteiger partial charge in [0, 0.05) is 32.1 Å². The lowest BCUT2D eigenvalue weighted by Crippen LogP contribution is -2.56. The van der Waals surface area contributed by atoms with Crippen LogP contribution >= 0.6 is 12.4 Å². The summed E-state index contributed by atoms with van der Waals surface area (Å²) >= 11 is 0. The van der Waals surface area contributed by atoms with Crippen LogP contribution in [0.1, 0.15) is 26.2 Å². The second kappa shape index (κ2) is 7.44. The fourth-order valence-electron chi connectivity index (χ4n) is 3.38. The molecule has 6 nitrogen and oxygen atoms in total. The summed E-state index contributed by atoms with van der Waals surface area (Å²) in [5, 5.41) is 7.72. The number of hydrogen-bond acceptors (Lipinski definition) is 4. The molecule has 0 bridgehead atoms. The molecule has 2 fully saturated rings. The molecule has 3 rings (SSSR count). The first-order chi connectivity index (χ1) is 10.2. The molecule has 1 aromatic rings. The van der Waals surface area contributed by atoms with Gasteiger partial charge in [-0.1, -0.05) is 0 Å². The average molecular weight is 329 g/mol. The molecule has 3 heterocycles. The van der Waals surface area contributed by atoms with E-state index in [2.05, 4.69) is 10.4 Å². The van der Waals surface area contributed by atoms with Crippen molar-refractivity contribution in [2.45, 2.75) is 37.8 Å². The predicted molar refractivity (Wildman–Crippen MR) is 86.2 cm³/mol. The maximum absolute atomic E-state index is 13.3. The number of carbonyl (C=O) groups excluding carboxylic acids is 1.